The van der Waals surface area contributed by atoms with Gasteiger partial charge in [-0.05, 0) is 31.7 Å². The second-order valence-electron chi connectivity index (χ2n) is 4.87. The summed E-state index contributed by atoms with van der Waals surface area (Å²) in [5.41, 5.74) is 1.000. The fourth-order valence-electron chi connectivity index (χ4n) is 1.92. The average molecular weight is 344 g/mol. The normalized spacial score (nSPS) is 10.8. The number of nitrogens with zero attached hydrogens (tertiary/aromatic N) is 1. The summed E-state index contributed by atoms with van der Waals surface area (Å²) in [4.78, 5) is 12.5. The zero-order valence-corrected chi connectivity index (χ0v) is 13.6. The SMILES string of the molecule is CCCCCOc1ccc(Br)cc1CN(C)CC(=O)O. The van der Waals surface area contributed by atoms with Crippen molar-refractivity contribution in [2.45, 2.75) is 32.7 Å². The standard InChI is InChI=1S/C15H22BrNO3/c1-3-4-5-8-20-14-7-6-13(16)9-12(14)10-17(2)11-15(18)19/h6-7,9H,3-5,8,10-11H2,1-2H3,(H,18,19). The van der Waals surface area contributed by atoms with Crippen molar-refractivity contribution in [3.63, 3.8) is 0 Å². The molecule has 20 heavy (non-hydrogen) atoms. The third-order valence-electron chi connectivity index (χ3n) is 2.87. The van der Waals surface area contributed by atoms with Gasteiger partial charge < -0.3 is 9.84 Å². The Balaban J connectivity index is 2.66. The highest BCUT2D eigenvalue weighted by atomic mass is 79.9. The minimum Gasteiger partial charge on any atom is -0.493 e. The van der Waals surface area contributed by atoms with Gasteiger partial charge >= 0.3 is 5.97 Å². The van der Waals surface area contributed by atoms with Crippen LogP contribution in [-0.4, -0.2) is 36.2 Å². The van der Waals surface area contributed by atoms with Gasteiger partial charge in [0.05, 0.1) is 13.2 Å². The monoisotopic (exact) mass is 343 g/mol. The number of benzene rings is 1. The Morgan fingerprint density at radius 2 is 2.15 bits per heavy atom. The van der Waals surface area contributed by atoms with Gasteiger partial charge in [-0.3, -0.25) is 9.69 Å². The Labute approximate surface area is 128 Å². The van der Waals surface area contributed by atoms with Crippen molar-refractivity contribution in [3.8, 4) is 5.75 Å². The van der Waals surface area contributed by atoms with Crippen molar-refractivity contribution in [1.29, 1.82) is 0 Å². The first-order valence-corrected chi connectivity index (χ1v) is 7.63. The molecule has 0 aromatic heterocycles. The van der Waals surface area contributed by atoms with E-state index < -0.39 is 5.97 Å². The summed E-state index contributed by atoms with van der Waals surface area (Å²) in [6.07, 6.45) is 3.36. The summed E-state index contributed by atoms with van der Waals surface area (Å²) in [6, 6.07) is 5.85. The fourth-order valence-corrected chi connectivity index (χ4v) is 2.33. The van der Waals surface area contributed by atoms with Crippen LogP contribution >= 0.6 is 15.9 Å². The molecule has 0 amide bonds. The van der Waals surface area contributed by atoms with Crippen LogP contribution < -0.4 is 4.74 Å². The van der Waals surface area contributed by atoms with E-state index >= 15 is 0 Å². The number of hydrogen-bond donors (Lipinski definition) is 1. The van der Waals surface area contributed by atoms with E-state index in [4.69, 9.17) is 9.84 Å². The Kier molecular flexibility index (Phi) is 7.62. The molecular weight excluding hydrogens is 322 g/mol. The maximum atomic E-state index is 10.7. The molecule has 0 aliphatic rings. The third-order valence-corrected chi connectivity index (χ3v) is 3.37. The quantitative estimate of drug-likeness (QED) is 0.696. The number of aliphatic carboxylic acids is 1. The second-order valence-corrected chi connectivity index (χ2v) is 5.79. The van der Waals surface area contributed by atoms with E-state index in [2.05, 4.69) is 22.9 Å². The first kappa shape index (κ1) is 17.0. The molecule has 0 heterocycles. The van der Waals surface area contributed by atoms with Gasteiger partial charge in [-0.15, -0.1) is 0 Å². The Morgan fingerprint density at radius 1 is 1.40 bits per heavy atom. The largest absolute Gasteiger partial charge is 0.493 e. The predicted octanol–water partition coefficient (Wildman–Crippen LogP) is 3.53. The minimum absolute atomic E-state index is 0.0157. The molecule has 1 aromatic carbocycles. The predicted molar refractivity (Wildman–Crippen MR) is 83.1 cm³/mol. The van der Waals surface area contributed by atoms with Crippen molar-refractivity contribution < 1.29 is 14.6 Å². The topological polar surface area (TPSA) is 49.8 Å². The zero-order chi connectivity index (χ0) is 15.0. The maximum Gasteiger partial charge on any atom is 0.317 e. The van der Waals surface area contributed by atoms with Gasteiger partial charge in [0.2, 0.25) is 0 Å². The number of likely N-dealkylation sites (N-methyl/N-ethyl adjacent to an activating group) is 1. The van der Waals surface area contributed by atoms with Crippen LogP contribution in [0, 0.1) is 0 Å². The molecule has 0 bridgehead atoms. The molecule has 0 aliphatic heterocycles. The molecule has 1 rings (SSSR count). The number of carboxylic acid groups (broad SMARTS) is 1. The molecule has 1 aromatic rings. The van der Waals surface area contributed by atoms with Gasteiger partial charge in [0.15, 0.2) is 0 Å². The number of hydrogen-bond acceptors (Lipinski definition) is 3. The lowest BCUT2D eigenvalue weighted by Gasteiger charge is -2.17. The number of halogens is 1. The molecule has 0 spiro atoms. The molecule has 4 nitrogen and oxygen atoms in total. The van der Waals surface area contributed by atoms with Crippen LogP contribution in [0.3, 0.4) is 0 Å². The highest BCUT2D eigenvalue weighted by Crippen LogP contribution is 2.24. The first-order chi connectivity index (χ1) is 9.52. The molecule has 112 valence electrons. The van der Waals surface area contributed by atoms with Crippen LogP contribution in [0.25, 0.3) is 0 Å². The number of carbonyl (C=O) groups is 1. The Bertz CT molecular complexity index is 437. The minimum atomic E-state index is -0.826. The van der Waals surface area contributed by atoms with E-state index in [-0.39, 0.29) is 6.54 Å². The second kappa shape index (κ2) is 8.97. The summed E-state index contributed by atoms with van der Waals surface area (Å²) < 4.78 is 6.77. The summed E-state index contributed by atoms with van der Waals surface area (Å²) >= 11 is 3.44. The van der Waals surface area contributed by atoms with Crippen LogP contribution in [0.15, 0.2) is 22.7 Å². The summed E-state index contributed by atoms with van der Waals surface area (Å²) in [5, 5.41) is 8.80. The lowest BCUT2D eigenvalue weighted by molar-refractivity contribution is -0.138. The van der Waals surface area contributed by atoms with E-state index in [0.29, 0.717) is 13.2 Å². The summed E-state index contributed by atoms with van der Waals surface area (Å²) in [6.45, 7) is 3.42. The van der Waals surface area contributed by atoms with Gasteiger partial charge in [-0.2, -0.15) is 0 Å². The molecule has 0 fully saturated rings. The van der Waals surface area contributed by atoms with Crippen molar-refractivity contribution >= 4 is 21.9 Å². The number of unbranched alkanes of at least 4 members (excludes halogenated alkanes) is 2. The smallest absolute Gasteiger partial charge is 0.317 e. The molecule has 5 heteroatoms. The van der Waals surface area contributed by atoms with Gasteiger partial charge in [-0.25, -0.2) is 0 Å². The molecule has 0 atom stereocenters. The summed E-state index contributed by atoms with van der Waals surface area (Å²) in [7, 11) is 1.79. The lowest BCUT2D eigenvalue weighted by atomic mass is 10.2. The van der Waals surface area contributed by atoms with Crippen LogP contribution in [0.2, 0.25) is 0 Å². The van der Waals surface area contributed by atoms with Crippen molar-refractivity contribution in [3.05, 3.63) is 28.2 Å². The van der Waals surface area contributed by atoms with Gasteiger partial charge in [0.1, 0.15) is 5.75 Å². The van der Waals surface area contributed by atoms with Crippen LogP contribution in [-0.2, 0) is 11.3 Å². The van der Waals surface area contributed by atoms with Crippen molar-refractivity contribution in [2.24, 2.45) is 0 Å². The highest BCUT2D eigenvalue weighted by molar-refractivity contribution is 9.10. The van der Waals surface area contributed by atoms with Gasteiger partial charge in [-0.1, -0.05) is 35.7 Å². The zero-order valence-electron chi connectivity index (χ0n) is 12.1. The number of carboxylic acids is 1. The van der Waals surface area contributed by atoms with Gasteiger partial charge in [0.25, 0.3) is 0 Å². The molecule has 0 aliphatic carbocycles. The lowest BCUT2D eigenvalue weighted by Crippen LogP contribution is -2.25. The fraction of sp³-hybridized carbons (Fsp3) is 0.533. The van der Waals surface area contributed by atoms with Crippen molar-refractivity contribution in [1.82, 2.24) is 4.90 Å². The average Bonchev–Trinajstić information content (AvgIpc) is 2.35. The van der Waals surface area contributed by atoms with E-state index in [1.165, 1.54) is 0 Å². The summed E-state index contributed by atoms with van der Waals surface area (Å²) in [5.74, 6) is 0.00875. The maximum absolute atomic E-state index is 10.7. The van der Waals surface area contributed by atoms with Gasteiger partial charge in [0, 0.05) is 16.6 Å². The highest BCUT2D eigenvalue weighted by Gasteiger charge is 2.10. The third kappa shape index (κ3) is 6.39. The molecule has 0 radical (unpaired) electrons. The van der Waals surface area contributed by atoms with E-state index in [1.54, 1.807) is 11.9 Å². The Hall–Kier alpha value is -1.07. The molecular formula is C15H22BrNO3. The van der Waals surface area contributed by atoms with E-state index in [9.17, 15) is 4.79 Å². The molecule has 0 saturated heterocycles. The van der Waals surface area contributed by atoms with Crippen LogP contribution in [0.4, 0.5) is 0 Å². The van der Waals surface area contributed by atoms with Crippen LogP contribution in [0.5, 0.6) is 5.75 Å². The van der Waals surface area contributed by atoms with Crippen LogP contribution in [0.1, 0.15) is 31.7 Å². The van der Waals surface area contributed by atoms with E-state index in [1.807, 2.05) is 18.2 Å². The number of ether oxygens (including phenoxy) is 1. The molecule has 0 saturated carbocycles. The molecule has 0 unspecified atom stereocenters. The Morgan fingerprint density at radius 3 is 2.80 bits per heavy atom. The van der Waals surface area contributed by atoms with Crippen molar-refractivity contribution in [2.75, 3.05) is 20.2 Å². The first-order valence-electron chi connectivity index (χ1n) is 6.84. The molecule has 1 N–H and O–H groups in total. The number of rotatable bonds is 9. The van der Waals surface area contributed by atoms with E-state index in [0.717, 1.165) is 35.0 Å².